The number of nitrogens with zero attached hydrogens (tertiary/aromatic N) is 2. The summed E-state index contributed by atoms with van der Waals surface area (Å²) in [6.07, 6.45) is 0. The lowest BCUT2D eigenvalue weighted by atomic mass is 9.37. The molecule has 0 radical (unpaired) electrons. The van der Waals surface area contributed by atoms with Crippen LogP contribution in [0.4, 0.5) is 0 Å². The number of aromatic nitrogens is 2. The van der Waals surface area contributed by atoms with E-state index < -0.39 is 0 Å². The number of benzene rings is 5. The maximum Gasteiger partial charge on any atom is 0.266 e. The Bertz CT molecular complexity index is 2570. The van der Waals surface area contributed by atoms with Gasteiger partial charge in [-0.1, -0.05) is 72.8 Å². The fourth-order valence-corrected chi connectivity index (χ4v) is 10.3. The van der Waals surface area contributed by atoms with Gasteiger partial charge in [0.05, 0.1) is 32.8 Å². The van der Waals surface area contributed by atoms with E-state index in [4.69, 9.17) is 0 Å². The molecular weight excluding hydrogens is 511 g/mol. The second-order valence-corrected chi connectivity index (χ2v) is 13.0. The quantitative estimate of drug-likeness (QED) is 0.181. The van der Waals surface area contributed by atoms with Crippen LogP contribution >= 0.6 is 22.7 Å². The zero-order valence-electron chi connectivity index (χ0n) is 20.6. The molecule has 5 aromatic carbocycles. The molecule has 0 unspecified atom stereocenters. The molecule has 5 heteroatoms. The van der Waals surface area contributed by atoms with E-state index in [-0.39, 0.29) is 6.71 Å². The van der Waals surface area contributed by atoms with Gasteiger partial charge in [-0.3, -0.25) is 0 Å². The first-order valence-corrected chi connectivity index (χ1v) is 15.0. The van der Waals surface area contributed by atoms with Crippen molar-refractivity contribution in [2.45, 2.75) is 0 Å². The van der Waals surface area contributed by atoms with Crippen molar-refractivity contribution in [1.29, 1.82) is 0 Å². The summed E-state index contributed by atoms with van der Waals surface area (Å²) in [5.41, 5.74) is 9.71. The topological polar surface area (TPSA) is 9.86 Å². The molecule has 39 heavy (non-hydrogen) atoms. The minimum absolute atomic E-state index is 0.211. The van der Waals surface area contributed by atoms with Gasteiger partial charge in [0.2, 0.25) is 0 Å². The number of fused-ring (bicyclic) bond motifs is 16. The van der Waals surface area contributed by atoms with E-state index in [1.54, 1.807) is 0 Å². The molecule has 2 nitrogen and oxygen atoms in total. The molecule has 0 N–H and O–H groups in total. The van der Waals surface area contributed by atoms with Gasteiger partial charge in [0.25, 0.3) is 6.71 Å². The van der Waals surface area contributed by atoms with Gasteiger partial charge in [0, 0.05) is 41.1 Å². The Kier molecular flexibility index (Phi) is 3.26. The van der Waals surface area contributed by atoms with Gasteiger partial charge in [-0.2, -0.15) is 0 Å². The zero-order chi connectivity index (χ0) is 25.0. The van der Waals surface area contributed by atoms with Crippen molar-refractivity contribution in [3.05, 3.63) is 103 Å². The molecule has 6 heterocycles. The van der Waals surface area contributed by atoms with Crippen molar-refractivity contribution in [2.75, 3.05) is 0 Å². The molecule has 0 aliphatic carbocycles. The minimum Gasteiger partial charge on any atom is -0.309 e. The summed E-state index contributed by atoms with van der Waals surface area (Å²) in [7, 11) is 0. The van der Waals surface area contributed by atoms with Crippen molar-refractivity contribution < 1.29 is 0 Å². The van der Waals surface area contributed by atoms with E-state index in [9.17, 15) is 0 Å². The lowest BCUT2D eigenvalue weighted by Crippen LogP contribution is -2.57. The second kappa shape index (κ2) is 6.45. The number of thiophene rings is 2. The summed E-state index contributed by atoms with van der Waals surface area (Å²) < 4.78 is 9.40. The smallest absolute Gasteiger partial charge is 0.266 e. The van der Waals surface area contributed by atoms with Gasteiger partial charge in [-0.25, -0.2) is 0 Å². The van der Waals surface area contributed by atoms with Crippen LogP contribution in [0.15, 0.2) is 103 Å². The van der Waals surface area contributed by atoms with Gasteiger partial charge < -0.3 is 9.13 Å². The maximum absolute atomic E-state index is 2.60. The molecule has 9 aromatic rings. The SMILES string of the molecule is c1ccc2c3c(sc2c1)-n1c2ccccc2c2cc4c5ccccc5n5c4c(c21)B3c1sc2ccccc2c1-5. The molecule has 4 aromatic heterocycles. The predicted molar refractivity (Wildman–Crippen MR) is 171 cm³/mol. The highest BCUT2D eigenvalue weighted by Gasteiger charge is 2.44. The van der Waals surface area contributed by atoms with Crippen LogP contribution in [0.5, 0.6) is 0 Å². The first-order chi connectivity index (χ1) is 19.4. The fraction of sp³-hybridized carbons (Fsp3) is 0. The predicted octanol–water partition coefficient (Wildman–Crippen LogP) is 7.45. The Morgan fingerprint density at radius 1 is 0.487 bits per heavy atom. The van der Waals surface area contributed by atoms with Crippen LogP contribution in [0, 0.1) is 0 Å². The largest absolute Gasteiger partial charge is 0.309 e. The normalized spacial score (nSPS) is 13.6. The standard InChI is InChI=1S/C34H17BN2S2/c1-5-13-24-18(9-1)22-17-23-19-10-2-6-14-25(19)37-31(23)29-30(22)36(24)32-21-12-4-8-16-27(21)38-33(32)35(29)28-20-11-3-7-15-26(20)39-34(28)37/h1-17H. The van der Waals surface area contributed by atoms with Crippen molar-refractivity contribution >= 4 is 109 Å². The highest BCUT2D eigenvalue weighted by molar-refractivity contribution is 7.35. The van der Waals surface area contributed by atoms with Crippen LogP contribution < -0.4 is 15.7 Å². The Morgan fingerprint density at radius 2 is 1.05 bits per heavy atom. The summed E-state index contributed by atoms with van der Waals surface area (Å²) in [5, 5.41) is 9.55. The van der Waals surface area contributed by atoms with E-state index >= 15 is 0 Å². The molecule has 0 atom stereocenters. The van der Waals surface area contributed by atoms with Crippen molar-refractivity contribution in [3.8, 4) is 10.7 Å². The number of hydrogen-bond acceptors (Lipinski definition) is 2. The van der Waals surface area contributed by atoms with Crippen LogP contribution in [0.25, 0.3) is 74.5 Å². The van der Waals surface area contributed by atoms with Crippen molar-refractivity contribution in [2.24, 2.45) is 0 Å². The number of hydrogen-bond donors (Lipinski definition) is 0. The summed E-state index contributed by atoms with van der Waals surface area (Å²) in [5.74, 6) is 0. The van der Waals surface area contributed by atoms with Crippen molar-refractivity contribution in [3.63, 3.8) is 0 Å². The Hall–Kier alpha value is -4.32. The molecule has 0 spiro atoms. The molecule has 0 saturated heterocycles. The molecule has 11 rings (SSSR count). The first-order valence-electron chi connectivity index (χ1n) is 13.4. The van der Waals surface area contributed by atoms with Crippen LogP contribution in [0.1, 0.15) is 0 Å². The molecule has 178 valence electrons. The van der Waals surface area contributed by atoms with Gasteiger partial charge >= 0.3 is 0 Å². The number of para-hydroxylation sites is 2. The average Bonchev–Trinajstić information content (AvgIpc) is 3.72. The van der Waals surface area contributed by atoms with Crippen LogP contribution in [0.2, 0.25) is 0 Å². The molecule has 2 aliphatic rings. The van der Waals surface area contributed by atoms with Crippen molar-refractivity contribution in [1.82, 2.24) is 9.13 Å². The zero-order valence-corrected chi connectivity index (χ0v) is 22.2. The second-order valence-electron chi connectivity index (χ2n) is 10.8. The Morgan fingerprint density at radius 3 is 1.79 bits per heavy atom. The van der Waals surface area contributed by atoms with E-state index in [1.807, 2.05) is 22.7 Å². The maximum atomic E-state index is 2.60. The summed E-state index contributed by atoms with van der Waals surface area (Å²) in [6.45, 7) is 0.211. The third-order valence-corrected chi connectivity index (χ3v) is 11.5. The number of rotatable bonds is 0. The Labute approximate surface area is 231 Å². The van der Waals surface area contributed by atoms with Gasteiger partial charge in [0.15, 0.2) is 0 Å². The summed E-state index contributed by atoms with van der Waals surface area (Å²) in [6, 6.07) is 38.5. The van der Waals surface area contributed by atoms with Gasteiger partial charge in [-0.15, -0.1) is 22.7 Å². The van der Waals surface area contributed by atoms with Gasteiger partial charge in [0.1, 0.15) is 0 Å². The molecular formula is C34H17BN2S2. The van der Waals surface area contributed by atoms with Gasteiger partial charge in [-0.05, 0) is 46.6 Å². The van der Waals surface area contributed by atoms with E-state index in [0.717, 1.165) is 0 Å². The third-order valence-electron chi connectivity index (χ3n) is 9.10. The third kappa shape index (κ3) is 2.07. The lowest BCUT2D eigenvalue weighted by Gasteiger charge is -2.30. The molecule has 0 bridgehead atoms. The highest BCUT2D eigenvalue weighted by Crippen LogP contribution is 2.45. The minimum atomic E-state index is 0.211. The monoisotopic (exact) mass is 528 g/mol. The van der Waals surface area contributed by atoms with E-state index in [1.165, 1.54) is 90.2 Å². The summed E-state index contributed by atoms with van der Waals surface area (Å²) >= 11 is 3.94. The van der Waals surface area contributed by atoms with E-state index in [2.05, 4.69) is 112 Å². The summed E-state index contributed by atoms with van der Waals surface area (Å²) in [4.78, 5) is 0. The molecule has 2 aliphatic heterocycles. The average molecular weight is 528 g/mol. The Balaban J connectivity index is 1.52. The van der Waals surface area contributed by atoms with Crippen LogP contribution in [-0.2, 0) is 0 Å². The lowest BCUT2D eigenvalue weighted by molar-refractivity contribution is 1.20. The molecule has 0 saturated carbocycles. The first kappa shape index (κ1) is 19.7. The van der Waals surface area contributed by atoms with Crippen LogP contribution in [-0.4, -0.2) is 15.8 Å². The highest BCUT2D eigenvalue weighted by atomic mass is 32.1. The van der Waals surface area contributed by atoms with Crippen LogP contribution in [0.3, 0.4) is 0 Å². The van der Waals surface area contributed by atoms with E-state index in [0.29, 0.717) is 0 Å². The molecule has 0 fully saturated rings. The molecule has 0 amide bonds. The fourth-order valence-electron chi connectivity index (χ4n) is 7.71.